The first kappa shape index (κ1) is 7.79. The molecule has 0 bridgehead atoms. The molecule has 2 rings (SSSR count). The molecule has 0 aliphatic rings. The van der Waals surface area contributed by atoms with E-state index in [9.17, 15) is 4.79 Å². The second kappa shape index (κ2) is 3.26. The molecule has 2 heterocycles. The predicted octanol–water partition coefficient (Wildman–Crippen LogP) is 0.620. The van der Waals surface area contributed by atoms with Crippen LogP contribution < -0.4 is 5.43 Å². The number of H-pyrrole nitrogens is 1. The minimum Gasteiger partial charge on any atom is -0.350 e. The van der Waals surface area contributed by atoms with Gasteiger partial charge in [0.15, 0.2) is 5.43 Å². The Bertz CT molecular complexity index is 410. The van der Waals surface area contributed by atoms with Gasteiger partial charge in [-0.1, -0.05) is 0 Å². The molecule has 0 saturated carbocycles. The quantitative estimate of drug-likeness (QED) is 0.727. The number of aromatic nitrogens is 3. The van der Waals surface area contributed by atoms with E-state index in [0.717, 1.165) is 12.1 Å². The van der Waals surface area contributed by atoms with Crippen molar-refractivity contribution in [2.45, 2.75) is 6.54 Å². The van der Waals surface area contributed by atoms with E-state index in [0.29, 0.717) is 0 Å². The molecule has 4 nitrogen and oxygen atoms in total. The number of rotatable bonds is 2. The predicted molar refractivity (Wildman–Crippen MR) is 48.4 cm³/mol. The van der Waals surface area contributed by atoms with Gasteiger partial charge in [-0.15, -0.1) is 0 Å². The highest BCUT2D eigenvalue weighted by atomic mass is 16.1. The molecule has 0 atom stereocenters. The zero-order valence-corrected chi connectivity index (χ0v) is 6.97. The van der Waals surface area contributed by atoms with Crippen molar-refractivity contribution >= 4 is 0 Å². The third-order valence-corrected chi connectivity index (χ3v) is 1.78. The fraction of sp³-hybridized carbons (Fsp3) is 0.111. The molecule has 1 N–H and O–H groups in total. The van der Waals surface area contributed by atoms with Crippen LogP contribution in [0.15, 0.2) is 41.7 Å². The van der Waals surface area contributed by atoms with Gasteiger partial charge in [0.25, 0.3) is 0 Å². The first-order valence-corrected chi connectivity index (χ1v) is 3.98. The number of aromatic amines is 1. The van der Waals surface area contributed by atoms with Crippen molar-refractivity contribution in [3.05, 3.63) is 52.7 Å². The standard InChI is InChI=1S/C9H9N3O/c13-9-1-3-12(4-2-9)7-8-5-10-11-6-8/h1-6H,7H2,(H,10,11). The van der Waals surface area contributed by atoms with Crippen LogP contribution in [0, 0.1) is 0 Å². The van der Waals surface area contributed by atoms with E-state index in [1.165, 1.54) is 0 Å². The second-order valence-electron chi connectivity index (χ2n) is 2.81. The minimum atomic E-state index is 0.0310. The van der Waals surface area contributed by atoms with Gasteiger partial charge >= 0.3 is 0 Å². The Labute approximate surface area is 74.8 Å². The second-order valence-corrected chi connectivity index (χ2v) is 2.81. The van der Waals surface area contributed by atoms with Crippen molar-refractivity contribution in [2.24, 2.45) is 0 Å². The zero-order valence-electron chi connectivity index (χ0n) is 6.97. The first-order chi connectivity index (χ1) is 6.34. The summed E-state index contributed by atoms with van der Waals surface area (Å²) in [6.07, 6.45) is 7.11. The van der Waals surface area contributed by atoms with Crippen LogP contribution in [0.2, 0.25) is 0 Å². The molecule has 66 valence electrons. The summed E-state index contributed by atoms with van der Waals surface area (Å²) in [5.74, 6) is 0. The summed E-state index contributed by atoms with van der Waals surface area (Å²) in [6.45, 7) is 0.733. The Morgan fingerprint density at radius 2 is 2.15 bits per heavy atom. The average Bonchev–Trinajstić information content (AvgIpc) is 2.62. The smallest absolute Gasteiger partial charge is 0.181 e. The van der Waals surface area contributed by atoms with Crippen LogP contribution in [-0.2, 0) is 6.54 Å². The number of nitrogens with one attached hydrogen (secondary N) is 1. The van der Waals surface area contributed by atoms with E-state index in [2.05, 4.69) is 10.2 Å². The summed E-state index contributed by atoms with van der Waals surface area (Å²) in [5.41, 5.74) is 1.12. The van der Waals surface area contributed by atoms with Gasteiger partial charge in [0.05, 0.1) is 12.7 Å². The van der Waals surface area contributed by atoms with Crippen LogP contribution in [0.25, 0.3) is 0 Å². The SMILES string of the molecule is O=c1ccn(Cc2cn[nH]c2)cc1. The topological polar surface area (TPSA) is 50.7 Å². The van der Waals surface area contributed by atoms with Crippen LogP contribution in [0.5, 0.6) is 0 Å². The fourth-order valence-electron chi connectivity index (χ4n) is 1.12. The maximum Gasteiger partial charge on any atom is 0.181 e. The molecule has 0 amide bonds. The molecule has 0 aliphatic heterocycles. The Kier molecular flexibility index (Phi) is 1.96. The fourth-order valence-corrected chi connectivity index (χ4v) is 1.12. The molecule has 4 heteroatoms. The van der Waals surface area contributed by atoms with E-state index >= 15 is 0 Å². The lowest BCUT2D eigenvalue weighted by atomic mass is 10.3. The molecule has 2 aromatic heterocycles. The summed E-state index contributed by atoms with van der Waals surface area (Å²) in [4.78, 5) is 10.8. The number of hydrogen-bond donors (Lipinski definition) is 1. The maximum atomic E-state index is 10.8. The van der Waals surface area contributed by atoms with Crippen molar-refractivity contribution in [1.82, 2.24) is 14.8 Å². The Hall–Kier alpha value is -1.84. The lowest BCUT2D eigenvalue weighted by Gasteiger charge is -2.01. The van der Waals surface area contributed by atoms with E-state index in [1.54, 1.807) is 30.7 Å². The molecular formula is C9H9N3O. The van der Waals surface area contributed by atoms with E-state index in [4.69, 9.17) is 0 Å². The third kappa shape index (κ3) is 1.84. The first-order valence-electron chi connectivity index (χ1n) is 3.98. The molecular weight excluding hydrogens is 166 g/mol. The van der Waals surface area contributed by atoms with Gasteiger partial charge in [0.2, 0.25) is 0 Å². The van der Waals surface area contributed by atoms with Crippen molar-refractivity contribution < 1.29 is 0 Å². The summed E-state index contributed by atoms with van der Waals surface area (Å²) in [7, 11) is 0. The minimum absolute atomic E-state index is 0.0310. The van der Waals surface area contributed by atoms with Crippen molar-refractivity contribution in [1.29, 1.82) is 0 Å². The molecule has 0 spiro atoms. The monoisotopic (exact) mass is 175 g/mol. The van der Waals surface area contributed by atoms with Gasteiger partial charge in [-0.2, -0.15) is 5.10 Å². The summed E-state index contributed by atoms with van der Waals surface area (Å²) < 4.78 is 1.92. The lowest BCUT2D eigenvalue weighted by molar-refractivity contribution is 0.789. The summed E-state index contributed by atoms with van der Waals surface area (Å²) >= 11 is 0. The Balaban J connectivity index is 2.19. The molecule has 0 unspecified atom stereocenters. The van der Waals surface area contributed by atoms with E-state index < -0.39 is 0 Å². The van der Waals surface area contributed by atoms with Crippen LogP contribution >= 0.6 is 0 Å². The molecule has 0 aliphatic carbocycles. The third-order valence-electron chi connectivity index (χ3n) is 1.78. The van der Waals surface area contributed by atoms with Crippen LogP contribution in [0.1, 0.15) is 5.56 Å². The van der Waals surface area contributed by atoms with Crippen LogP contribution in [0.3, 0.4) is 0 Å². The highest BCUT2D eigenvalue weighted by molar-refractivity contribution is 5.04. The van der Waals surface area contributed by atoms with Gasteiger partial charge < -0.3 is 4.57 Å². The van der Waals surface area contributed by atoms with Crippen molar-refractivity contribution in [2.75, 3.05) is 0 Å². The Morgan fingerprint density at radius 1 is 1.38 bits per heavy atom. The average molecular weight is 175 g/mol. The van der Waals surface area contributed by atoms with Gasteiger partial charge in [-0.3, -0.25) is 9.89 Å². The number of hydrogen-bond acceptors (Lipinski definition) is 2. The van der Waals surface area contributed by atoms with Gasteiger partial charge in [0, 0.05) is 36.3 Å². The van der Waals surface area contributed by atoms with E-state index in [-0.39, 0.29) is 5.43 Å². The highest BCUT2D eigenvalue weighted by Crippen LogP contribution is 1.97. The molecule has 0 radical (unpaired) electrons. The van der Waals surface area contributed by atoms with Crippen molar-refractivity contribution in [3.8, 4) is 0 Å². The van der Waals surface area contributed by atoms with Gasteiger partial charge in [-0.25, -0.2) is 0 Å². The molecule has 2 aromatic rings. The van der Waals surface area contributed by atoms with Crippen molar-refractivity contribution in [3.63, 3.8) is 0 Å². The zero-order chi connectivity index (χ0) is 9.10. The molecule has 0 fully saturated rings. The summed E-state index contributed by atoms with van der Waals surface area (Å²) in [5, 5.41) is 6.57. The van der Waals surface area contributed by atoms with Crippen LogP contribution in [-0.4, -0.2) is 14.8 Å². The number of pyridine rings is 1. The molecule has 13 heavy (non-hydrogen) atoms. The normalized spacial score (nSPS) is 10.2. The molecule has 0 saturated heterocycles. The Morgan fingerprint density at radius 3 is 2.77 bits per heavy atom. The number of nitrogens with zero attached hydrogens (tertiary/aromatic N) is 2. The molecule has 0 aromatic carbocycles. The summed E-state index contributed by atoms with van der Waals surface area (Å²) in [6, 6.07) is 3.08. The highest BCUT2D eigenvalue weighted by Gasteiger charge is 1.93. The maximum absolute atomic E-state index is 10.8. The largest absolute Gasteiger partial charge is 0.350 e. The van der Waals surface area contributed by atoms with Gasteiger partial charge in [0.1, 0.15) is 0 Å². The van der Waals surface area contributed by atoms with Crippen LogP contribution in [0.4, 0.5) is 0 Å². The van der Waals surface area contributed by atoms with E-state index in [1.807, 2.05) is 10.8 Å². The lowest BCUT2D eigenvalue weighted by Crippen LogP contribution is -2.03. The van der Waals surface area contributed by atoms with Gasteiger partial charge in [-0.05, 0) is 0 Å².